The molecule has 3 nitrogen and oxygen atoms in total. The summed E-state index contributed by atoms with van der Waals surface area (Å²) in [6.45, 7) is 1.98. The Morgan fingerprint density at radius 2 is 2.05 bits per heavy atom. The molecule has 3 aromatic rings. The summed E-state index contributed by atoms with van der Waals surface area (Å²) >= 11 is 3.45. The quantitative estimate of drug-likeness (QED) is 0.657. The lowest BCUT2D eigenvalue weighted by atomic mass is 10.1. The number of hydrogen-bond acceptors (Lipinski definition) is 3. The molecule has 0 radical (unpaired) electrons. The molecule has 0 amide bonds. The highest BCUT2D eigenvalue weighted by Crippen LogP contribution is 2.32. The summed E-state index contributed by atoms with van der Waals surface area (Å²) < 4.78 is 15.3. The SMILES string of the molecule is Cc1cc(Nc2c(F)cc(N)c3cccnc23)ccc1Br. The van der Waals surface area contributed by atoms with Gasteiger partial charge in [0.1, 0.15) is 5.69 Å². The molecular weight excluding hydrogens is 333 g/mol. The maximum absolute atomic E-state index is 14.3. The molecule has 0 bridgehead atoms. The van der Waals surface area contributed by atoms with Crippen LogP contribution >= 0.6 is 15.9 Å². The molecule has 0 saturated heterocycles. The molecule has 1 aromatic heterocycles. The summed E-state index contributed by atoms with van der Waals surface area (Å²) in [5.74, 6) is -0.417. The number of nitrogens with two attached hydrogens (primary N) is 1. The van der Waals surface area contributed by atoms with Crippen molar-refractivity contribution in [2.24, 2.45) is 0 Å². The summed E-state index contributed by atoms with van der Waals surface area (Å²) in [5, 5.41) is 3.83. The Balaban J connectivity index is 2.14. The highest BCUT2D eigenvalue weighted by molar-refractivity contribution is 9.10. The summed E-state index contributed by atoms with van der Waals surface area (Å²) in [6.07, 6.45) is 1.62. The first-order chi connectivity index (χ1) is 10.1. The molecule has 0 unspecified atom stereocenters. The highest BCUT2D eigenvalue weighted by atomic mass is 79.9. The summed E-state index contributed by atoms with van der Waals surface area (Å²) in [4.78, 5) is 4.25. The number of anilines is 3. The Bertz CT molecular complexity index is 833. The van der Waals surface area contributed by atoms with E-state index in [1.165, 1.54) is 6.07 Å². The zero-order valence-corrected chi connectivity index (χ0v) is 12.9. The highest BCUT2D eigenvalue weighted by Gasteiger charge is 2.12. The smallest absolute Gasteiger partial charge is 0.150 e. The molecule has 0 spiro atoms. The molecule has 21 heavy (non-hydrogen) atoms. The van der Waals surface area contributed by atoms with E-state index >= 15 is 0 Å². The van der Waals surface area contributed by atoms with Crippen LogP contribution < -0.4 is 11.1 Å². The second-order valence-corrected chi connectivity index (χ2v) is 5.67. The number of halogens is 2. The Kier molecular flexibility index (Phi) is 3.51. The van der Waals surface area contributed by atoms with E-state index in [0.29, 0.717) is 16.9 Å². The minimum absolute atomic E-state index is 0.335. The van der Waals surface area contributed by atoms with Gasteiger partial charge in [0.15, 0.2) is 5.82 Å². The lowest BCUT2D eigenvalue weighted by Crippen LogP contribution is -1.99. The van der Waals surface area contributed by atoms with Crippen LogP contribution in [-0.4, -0.2) is 4.98 Å². The van der Waals surface area contributed by atoms with Gasteiger partial charge in [0, 0.05) is 27.4 Å². The largest absolute Gasteiger partial charge is 0.398 e. The summed E-state index contributed by atoms with van der Waals surface area (Å²) in [7, 11) is 0. The van der Waals surface area contributed by atoms with Crippen LogP contribution in [0.4, 0.5) is 21.5 Å². The van der Waals surface area contributed by atoms with Crippen LogP contribution in [0.15, 0.2) is 47.1 Å². The van der Waals surface area contributed by atoms with E-state index < -0.39 is 5.82 Å². The van der Waals surface area contributed by atoms with Crippen LogP contribution in [0.25, 0.3) is 10.9 Å². The first-order valence-electron chi connectivity index (χ1n) is 6.42. The third-order valence-electron chi connectivity index (χ3n) is 3.30. The van der Waals surface area contributed by atoms with Crippen LogP contribution in [0.2, 0.25) is 0 Å². The van der Waals surface area contributed by atoms with E-state index in [4.69, 9.17) is 5.73 Å². The van der Waals surface area contributed by atoms with Gasteiger partial charge in [-0.05, 0) is 48.9 Å². The van der Waals surface area contributed by atoms with Crippen LogP contribution in [-0.2, 0) is 0 Å². The van der Waals surface area contributed by atoms with Crippen molar-refractivity contribution in [3.05, 3.63) is 58.4 Å². The Hall–Kier alpha value is -2.14. The topological polar surface area (TPSA) is 50.9 Å². The van der Waals surface area contributed by atoms with Crippen molar-refractivity contribution in [3.63, 3.8) is 0 Å². The predicted octanol–water partition coefficient (Wildman–Crippen LogP) is 4.77. The minimum atomic E-state index is -0.417. The molecule has 0 aliphatic rings. The normalized spacial score (nSPS) is 10.8. The van der Waals surface area contributed by atoms with Crippen molar-refractivity contribution in [2.45, 2.75) is 6.92 Å². The Morgan fingerprint density at radius 1 is 1.24 bits per heavy atom. The van der Waals surface area contributed by atoms with Crippen molar-refractivity contribution < 1.29 is 4.39 Å². The van der Waals surface area contributed by atoms with Gasteiger partial charge in [0.05, 0.1) is 5.52 Å². The number of fused-ring (bicyclic) bond motifs is 1. The molecule has 0 aliphatic carbocycles. The van der Waals surface area contributed by atoms with Crippen molar-refractivity contribution in [1.82, 2.24) is 4.98 Å². The zero-order chi connectivity index (χ0) is 15.0. The van der Waals surface area contributed by atoms with Gasteiger partial charge >= 0.3 is 0 Å². The van der Waals surface area contributed by atoms with E-state index in [-0.39, 0.29) is 0 Å². The lowest BCUT2D eigenvalue weighted by Gasteiger charge is -2.13. The summed E-state index contributed by atoms with van der Waals surface area (Å²) in [5.41, 5.74) is 8.95. The number of hydrogen-bond donors (Lipinski definition) is 2. The van der Waals surface area contributed by atoms with Gasteiger partial charge in [-0.15, -0.1) is 0 Å². The average molecular weight is 346 g/mol. The van der Waals surface area contributed by atoms with Crippen molar-refractivity contribution >= 4 is 43.9 Å². The van der Waals surface area contributed by atoms with Gasteiger partial charge < -0.3 is 11.1 Å². The van der Waals surface area contributed by atoms with Gasteiger partial charge in [-0.3, -0.25) is 4.98 Å². The fourth-order valence-electron chi connectivity index (χ4n) is 2.22. The van der Waals surface area contributed by atoms with Gasteiger partial charge in [0.25, 0.3) is 0 Å². The molecule has 0 fully saturated rings. The van der Waals surface area contributed by atoms with E-state index in [9.17, 15) is 4.39 Å². The van der Waals surface area contributed by atoms with Gasteiger partial charge in [-0.25, -0.2) is 4.39 Å². The predicted molar refractivity (Wildman–Crippen MR) is 88.3 cm³/mol. The molecule has 3 rings (SSSR count). The number of rotatable bonds is 2. The number of nitrogens with one attached hydrogen (secondary N) is 1. The Labute approximate surface area is 130 Å². The fraction of sp³-hybridized carbons (Fsp3) is 0.0625. The monoisotopic (exact) mass is 345 g/mol. The number of pyridine rings is 1. The van der Waals surface area contributed by atoms with E-state index in [1.54, 1.807) is 12.3 Å². The van der Waals surface area contributed by atoms with Crippen molar-refractivity contribution in [1.29, 1.82) is 0 Å². The minimum Gasteiger partial charge on any atom is -0.398 e. The van der Waals surface area contributed by atoms with Crippen LogP contribution in [0.5, 0.6) is 0 Å². The first-order valence-corrected chi connectivity index (χ1v) is 7.21. The molecule has 2 aromatic carbocycles. The second kappa shape index (κ2) is 5.33. The number of aromatic nitrogens is 1. The maximum atomic E-state index is 14.3. The zero-order valence-electron chi connectivity index (χ0n) is 11.3. The molecule has 3 N–H and O–H groups in total. The molecule has 0 aliphatic heterocycles. The van der Waals surface area contributed by atoms with Gasteiger partial charge in [-0.2, -0.15) is 0 Å². The van der Waals surface area contributed by atoms with Gasteiger partial charge in [0.2, 0.25) is 0 Å². The van der Waals surface area contributed by atoms with Crippen LogP contribution in [0.3, 0.4) is 0 Å². The molecule has 1 heterocycles. The van der Waals surface area contributed by atoms with Crippen LogP contribution in [0.1, 0.15) is 5.56 Å². The molecular formula is C16H13BrFN3. The second-order valence-electron chi connectivity index (χ2n) is 4.81. The van der Waals surface area contributed by atoms with Crippen molar-refractivity contribution in [2.75, 3.05) is 11.1 Å². The van der Waals surface area contributed by atoms with E-state index in [2.05, 4.69) is 26.2 Å². The van der Waals surface area contributed by atoms with Crippen LogP contribution in [0, 0.1) is 12.7 Å². The molecule has 0 atom stereocenters. The number of aryl methyl sites for hydroxylation is 1. The summed E-state index contributed by atoms with van der Waals surface area (Å²) in [6, 6.07) is 10.7. The fourth-order valence-corrected chi connectivity index (χ4v) is 2.47. The third-order valence-corrected chi connectivity index (χ3v) is 4.19. The van der Waals surface area contributed by atoms with E-state index in [0.717, 1.165) is 21.1 Å². The number of benzene rings is 2. The lowest BCUT2D eigenvalue weighted by molar-refractivity contribution is 0.634. The number of nitrogens with zero attached hydrogens (tertiary/aromatic N) is 1. The first kappa shape index (κ1) is 13.8. The maximum Gasteiger partial charge on any atom is 0.150 e. The number of nitrogen functional groups attached to an aromatic ring is 1. The molecule has 106 valence electrons. The molecule has 0 saturated carbocycles. The Morgan fingerprint density at radius 3 is 2.81 bits per heavy atom. The van der Waals surface area contributed by atoms with Crippen molar-refractivity contribution in [3.8, 4) is 0 Å². The van der Waals surface area contributed by atoms with Gasteiger partial charge in [-0.1, -0.05) is 15.9 Å². The average Bonchev–Trinajstić information content (AvgIpc) is 2.47. The van der Waals surface area contributed by atoms with E-state index in [1.807, 2.05) is 31.2 Å². The third kappa shape index (κ3) is 2.56. The molecule has 5 heteroatoms. The standard InChI is InChI=1S/C16H13BrFN3/c1-9-7-10(4-5-12(9)17)21-16-13(18)8-14(19)11-3-2-6-20-15(11)16/h2-8,21H,19H2,1H3.